The minimum atomic E-state index is -0.147. The van der Waals surface area contributed by atoms with Crippen LogP contribution in [0.1, 0.15) is 149 Å². The fraction of sp³-hybridized carbons (Fsp3) is 0.903. The van der Waals surface area contributed by atoms with Crippen molar-refractivity contribution < 1.29 is 19.0 Å². The van der Waals surface area contributed by atoms with Gasteiger partial charge in [-0.25, -0.2) is 0 Å². The first kappa shape index (κ1) is 34.1. The average Bonchev–Trinajstić information content (AvgIpc) is 2.86. The number of esters is 1. The number of allylic oxidation sites excluding steroid dienone is 2. The molecule has 0 aliphatic rings. The van der Waals surface area contributed by atoms with E-state index in [2.05, 4.69) is 32.9 Å². The van der Waals surface area contributed by atoms with Crippen LogP contribution in [0.3, 0.4) is 0 Å². The summed E-state index contributed by atoms with van der Waals surface area (Å²) in [6.45, 7) is 8.93. The van der Waals surface area contributed by atoms with E-state index in [9.17, 15) is 4.79 Å². The lowest BCUT2D eigenvalue weighted by atomic mass is 10.1. The van der Waals surface area contributed by atoms with Crippen LogP contribution < -0.4 is 0 Å². The average molecular weight is 497 g/mol. The van der Waals surface area contributed by atoms with E-state index >= 15 is 0 Å². The fourth-order valence-corrected chi connectivity index (χ4v) is 4.01. The molecule has 0 rings (SSSR count). The van der Waals surface area contributed by atoms with Crippen LogP contribution in [0.4, 0.5) is 0 Å². The number of rotatable bonds is 28. The predicted molar refractivity (Wildman–Crippen MR) is 150 cm³/mol. The number of unbranched alkanes of at least 4 members (excludes halogenated alkanes) is 15. The van der Waals surface area contributed by atoms with Gasteiger partial charge in [-0.1, -0.05) is 110 Å². The van der Waals surface area contributed by atoms with E-state index in [-0.39, 0.29) is 12.1 Å². The van der Waals surface area contributed by atoms with Crippen LogP contribution in [0, 0.1) is 0 Å². The topological polar surface area (TPSA) is 44.8 Å². The van der Waals surface area contributed by atoms with Gasteiger partial charge in [0.15, 0.2) is 0 Å². The van der Waals surface area contributed by atoms with E-state index in [0.717, 1.165) is 32.3 Å². The summed E-state index contributed by atoms with van der Waals surface area (Å²) in [5.74, 6) is -0.101. The summed E-state index contributed by atoms with van der Waals surface area (Å²) >= 11 is 0. The Morgan fingerprint density at radius 1 is 0.600 bits per heavy atom. The molecule has 0 amide bonds. The Labute approximate surface area is 219 Å². The number of hydrogen-bond donors (Lipinski definition) is 0. The van der Waals surface area contributed by atoms with Gasteiger partial charge in [0.2, 0.25) is 0 Å². The van der Waals surface area contributed by atoms with E-state index in [0.29, 0.717) is 26.2 Å². The standard InChI is InChI=1S/C31H60O4/c1-4-7-10-11-12-13-14-15-16-17-18-19-20-21-22-25-31(32)35-29-30(34-27-24-9-6-3)28-33-26-23-8-5-2/h15-16,30H,4-14,17-29H2,1-3H3/b16-15-/t30-/m1/s1. The number of ether oxygens (including phenoxy) is 3. The number of carbonyl (C=O) groups excluding carboxylic acids is 1. The van der Waals surface area contributed by atoms with Gasteiger partial charge in [-0.05, 0) is 44.9 Å². The molecule has 0 unspecified atom stereocenters. The summed E-state index contributed by atoms with van der Waals surface area (Å²) in [6.07, 6.45) is 28.3. The third-order valence-electron chi connectivity index (χ3n) is 6.37. The normalized spacial score (nSPS) is 12.4. The maximum absolute atomic E-state index is 12.1. The zero-order valence-corrected chi connectivity index (χ0v) is 23.8. The molecule has 208 valence electrons. The van der Waals surface area contributed by atoms with Crippen LogP contribution in [-0.2, 0) is 19.0 Å². The maximum atomic E-state index is 12.1. The quantitative estimate of drug-likeness (QED) is 0.0615. The fourth-order valence-electron chi connectivity index (χ4n) is 4.01. The van der Waals surface area contributed by atoms with Gasteiger partial charge in [-0.15, -0.1) is 0 Å². The first-order valence-corrected chi connectivity index (χ1v) is 15.2. The second-order valence-corrected chi connectivity index (χ2v) is 10.00. The first-order valence-electron chi connectivity index (χ1n) is 15.2. The largest absolute Gasteiger partial charge is 0.463 e. The van der Waals surface area contributed by atoms with Crippen molar-refractivity contribution in [3.63, 3.8) is 0 Å². The summed E-state index contributed by atoms with van der Waals surface area (Å²) in [7, 11) is 0. The minimum absolute atomic E-state index is 0.101. The molecular weight excluding hydrogens is 436 g/mol. The van der Waals surface area contributed by atoms with Crippen molar-refractivity contribution in [3.05, 3.63) is 12.2 Å². The monoisotopic (exact) mass is 496 g/mol. The minimum Gasteiger partial charge on any atom is -0.463 e. The molecule has 0 aliphatic carbocycles. The third kappa shape index (κ3) is 27.6. The SMILES string of the molecule is CCCCCCCC/C=C\CCCCCCCC(=O)OC[C@@H](COCCCCC)OCCCCC. The lowest BCUT2D eigenvalue weighted by Crippen LogP contribution is -2.28. The van der Waals surface area contributed by atoms with Crippen LogP contribution in [-0.4, -0.2) is 38.5 Å². The Bertz CT molecular complexity index is 449. The van der Waals surface area contributed by atoms with E-state index in [1.165, 1.54) is 96.3 Å². The molecule has 4 heteroatoms. The Morgan fingerprint density at radius 3 is 1.74 bits per heavy atom. The highest BCUT2D eigenvalue weighted by molar-refractivity contribution is 5.69. The highest BCUT2D eigenvalue weighted by Gasteiger charge is 2.13. The summed E-state index contributed by atoms with van der Waals surface area (Å²) in [6, 6.07) is 0. The zero-order chi connectivity index (χ0) is 25.7. The lowest BCUT2D eigenvalue weighted by Gasteiger charge is -2.18. The molecule has 0 bridgehead atoms. The molecule has 4 nitrogen and oxygen atoms in total. The summed E-state index contributed by atoms with van der Waals surface area (Å²) in [5, 5.41) is 0. The molecule has 0 N–H and O–H groups in total. The van der Waals surface area contributed by atoms with Crippen molar-refractivity contribution in [2.24, 2.45) is 0 Å². The first-order chi connectivity index (χ1) is 17.2. The predicted octanol–water partition coefficient (Wildman–Crippen LogP) is 9.35. The van der Waals surface area contributed by atoms with Crippen molar-refractivity contribution in [1.82, 2.24) is 0 Å². The van der Waals surface area contributed by atoms with Crippen molar-refractivity contribution in [3.8, 4) is 0 Å². The van der Waals surface area contributed by atoms with Gasteiger partial charge in [-0.3, -0.25) is 4.79 Å². The molecule has 0 aromatic carbocycles. The molecule has 0 aromatic rings. The summed E-state index contributed by atoms with van der Waals surface area (Å²) < 4.78 is 17.2. The molecule has 0 saturated heterocycles. The van der Waals surface area contributed by atoms with Crippen LogP contribution in [0.25, 0.3) is 0 Å². The molecule has 0 heterocycles. The van der Waals surface area contributed by atoms with Crippen molar-refractivity contribution in [1.29, 1.82) is 0 Å². The summed E-state index contributed by atoms with van der Waals surface area (Å²) in [5.41, 5.74) is 0. The van der Waals surface area contributed by atoms with Crippen LogP contribution >= 0.6 is 0 Å². The molecule has 0 aromatic heterocycles. The third-order valence-corrected chi connectivity index (χ3v) is 6.37. The number of hydrogen-bond acceptors (Lipinski definition) is 4. The van der Waals surface area contributed by atoms with Gasteiger partial charge >= 0.3 is 5.97 Å². The Kier molecular flexibility index (Phi) is 28.6. The maximum Gasteiger partial charge on any atom is 0.305 e. The summed E-state index contributed by atoms with van der Waals surface area (Å²) in [4.78, 5) is 12.1. The van der Waals surface area contributed by atoms with Gasteiger partial charge in [0.25, 0.3) is 0 Å². The molecule has 0 radical (unpaired) electrons. The van der Waals surface area contributed by atoms with Gasteiger partial charge in [0.1, 0.15) is 12.7 Å². The van der Waals surface area contributed by atoms with E-state index in [4.69, 9.17) is 14.2 Å². The molecular formula is C31H60O4. The second-order valence-electron chi connectivity index (χ2n) is 10.00. The number of carbonyl (C=O) groups is 1. The van der Waals surface area contributed by atoms with E-state index < -0.39 is 0 Å². The Balaban J connectivity index is 3.70. The van der Waals surface area contributed by atoms with Gasteiger partial charge in [0.05, 0.1) is 6.61 Å². The molecule has 35 heavy (non-hydrogen) atoms. The van der Waals surface area contributed by atoms with Crippen molar-refractivity contribution in [2.75, 3.05) is 26.4 Å². The van der Waals surface area contributed by atoms with Crippen molar-refractivity contribution >= 4 is 5.97 Å². The second kappa shape index (κ2) is 29.4. The Morgan fingerprint density at radius 2 is 1.11 bits per heavy atom. The molecule has 0 spiro atoms. The highest BCUT2D eigenvalue weighted by Crippen LogP contribution is 2.11. The van der Waals surface area contributed by atoms with E-state index in [1.54, 1.807) is 0 Å². The molecule has 0 aliphatic heterocycles. The van der Waals surface area contributed by atoms with Crippen LogP contribution in [0.15, 0.2) is 12.2 Å². The molecule has 0 fully saturated rings. The molecule has 0 saturated carbocycles. The van der Waals surface area contributed by atoms with E-state index in [1.807, 2.05) is 0 Å². The van der Waals surface area contributed by atoms with Crippen LogP contribution in [0.5, 0.6) is 0 Å². The van der Waals surface area contributed by atoms with Gasteiger partial charge < -0.3 is 14.2 Å². The van der Waals surface area contributed by atoms with Gasteiger partial charge in [-0.2, -0.15) is 0 Å². The van der Waals surface area contributed by atoms with Crippen LogP contribution in [0.2, 0.25) is 0 Å². The Hall–Kier alpha value is -0.870. The smallest absolute Gasteiger partial charge is 0.305 e. The van der Waals surface area contributed by atoms with Crippen molar-refractivity contribution in [2.45, 2.75) is 155 Å². The molecule has 1 atom stereocenters. The zero-order valence-electron chi connectivity index (χ0n) is 23.8. The lowest BCUT2D eigenvalue weighted by molar-refractivity contribution is -0.150. The highest BCUT2D eigenvalue weighted by atomic mass is 16.6. The van der Waals surface area contributed by atoms with Gasteiger partial charge in [0, 0.05) is 19.6 Å².